The van der Waals surface area contributed by atoms with Gasteiger partial charge in [-0.3, -0.25) is 9.80 Å². The number of alkyl halides is 3. The lowest BCUT2D eigenvalue weighted by Crippen LogP contribution is -2.37. The average molecular weight is 271 g/mol. The molecule has 1 amide bonds. The summed E-state index contributed by atoms with van der Waals surface area (Å²) in [5, 5.41) is 9.72. The molecule has 0 radical (unpaired) electrons. The monoisotopic (exact) mass is 271 g/mol. The number of carbonyl (C=O) groups is 1. The van der Waals surface area contributed by atoms with Gasteiger partial charge in [-0.1, -0.05) is 6.07 Å². The second-order valence-corrected chi connectivity index (χ2v) is 3.89. The molecule has 0 aliphatic carbocycles. The molecule has 0 atom stereocenters. The number of carbonyl (C=O) groups excluding carboxylic acids is 1. The summed E-state index contributed by atoms with van der Waals surface area (Å²) in [4.78, 5) is 10.9. The van der Waals surface area contributed by atoms with Crippen molar-refractivity contribution < 1.29 is 18.0 Å². The van der Waals surface area contributed by atoms with Gasteiger partial charge in [0.15, 0.2) is 0 Å². The standard InChI is InChI=1S/C12H12F3N3O/c1-8(19)18(2)17-7-10-4-3-9(6-16)5-11(10)12(13,14)15/h3-5,17H,7H2,1-2H3. The van der Waals surface area contributed by atoms with Gasteiger partial charge in [-0.2, -0.15) is 18.4 Å². The highest BCUT2D eigenvalue weighted by molar-refractivity contribution is 5.72. The molecule has 1 rings (SSSR count). The van der Waals surface area contributed by atoms with Gasteiger partial charge in [0.2, 0.25) is 5.91 Å². The van der Waals surface area contributed by atoms with Gasteiger partial charge in [0, 0.05) is 20.5 Å². The second-order valence-electron chi connectivity index (χ2n) is 3.89. The minimum absolute atomic E-state index is 0.0281. The third-order valence-electron chi connectivity index (χ3n) is 2.52. The number of halogens is 3. The summed E-state index contributed by atoms with van der Waals surface area (Å²) in [6, 6.07) is 4.99. The van der Waals surface area contributed by atoms with Crippen molar-refractivity contribution in [3.63, 3.8) is 0 Å². The smallest absolute Gasteiger partial charge is 0.281 e. The lowest BCUT2D eigenvalue weighted by Gasteiger charge is -2.19. The minimum Gasteiger partial charge on any atom is -0.281 e. The topological polar surface area (TPSA) is 56.1 Å². The summed E-state index contributed by atoms with van der Waals surface area (Å²) in [5.41, 5.74) is 1.58. The second kappa shape index (κ2) is 5.71. The van der Waals surface area contributed by atoms with Crippen LogP contribution in [-0.2, 0) is 17.5 Å². The molecule has 7 heteroatoms. The largest absolute Gasteiger partial charge is 0.416 e. The van der Waals surface area contributed by atoms with Gasteiger partial charge in [0.05, 0.1) is 17.2 Å². The molecule has 102 valence electrons. The average Bonchev–Trinajstić information content (AvgIpc) is 2.34. The highest BCUT2D eigenvalue weighted by atomic mass is 19.4. The summed E-state index contributed by atoms with van der Waals surface area (Å²) in [5.74, 6) is -0.317. The van der Waals surface area contributed by atoms with Crippen molar-refractivity contribution in [2.75, 3.05) is 7.05 Å². The number of benzene rings is 1. The lowest BCUT2D eigenvalue weighted by atomic mass is 10.0. The van der Waals surface area contributed by atoms with E-state index < -0.39 is 11.7 Å². The van der Waals surface area contributed by atoms with Gasteiger partial charge in [-0.25, -0.2) is 5.43 Å². The van der Waals surface area contributed by atoms with Crippen LogP contribution in [0.5, 0.6) is 0 Å². The predicted molar refractivity (Wildman–Crippen MR) is 61.4 cm³/mol. The Balaban J connectivity index is 3.01. The Kier molecular flexibility index (Phi) is 4.51. The van der Waals surface area contributed by atoms with E-state index in [1.54, 1.807) is 6.07 Å². The molecule has 0 heterocycles. The van der Waals surface area contributed by atoms with Crippen LogP contribution in [0.3, 0.4) is 0 Å². The van der Waals surface area contributed by atoms with E-state index in [1.165, 1.54) is 26.1 Å². The van der Waals surface area contributed by atoms with Crippen LogP contribution < -0.4 is 5.43 Å². The quantitative estimate of drug-likeness (QED) is 0.856. The number of hydrogen-bond donors (Lipinski definition) is 1. The summed E-state index contributed by atoms with van der Waals surface area (Å²) < 4.78 is 38.5. The van der Waals surface area contributed by atoms with Gasteiger partial charge in [0.1, 0.15) is 0 Å². The molecule has 4 nitrogen and oxygen atoms in total. The maximum Gasteiger partial charge on any atom is 0.416 e. The van der Waals surface area contributed by atoms with Crippen molar-refractivity contribution >= 4 is 5.91 Å². The zero-order valence-electron chi connectivity index (χ0n) is 10.4. The molecule has 0 aliphatic rings. The van der Waals surface area contributed by atoms with E-state index in [1.807, 2.05) is 0 Å². The maximum absolute atomic E-state index is 12.8. The first kappa shape index (κ1) is 15.0. The molecule has 1 aromatic carbocycles. The van der Waals surface area contributed by atoms with Gasteiger partial charge in [0.25, 0.3) is 0 Å². The molecule has 0 bridgehead atoms. The Morgan fingerprint density at radius 3 is 2.58 bits per heavy atom. The van der Waals surface area contributed by atoms with Crippen LogP contribution in [0.15, 0.2) is 18.2 Å². The first-order chi connectivity index (χ1) is 8.75. The van der Waals surface area contributed by atoms with Crippen molar-refractivity contribution in [2.24, 2.45) is 0 Å². The van der Waals surface area contributed by atoms with Crippen molar-refractivity contribution in [3.8, 4) is 6.07 Å². The number of nitriles is 1. The number of nitrogens with one attached hydrogen (secondary N) is 1. The minimum atomic E-state index is -4.54. The molecular formula is C12H12F3N3O. The van der Waals surface area contributed by atoms with Gasteiger partial charge in [-0.15, -0.1) is 0 Å². The maximum atomic E-state index is 12.8. The van der Waals surface area contributed by atoms with Gasteiger partial charge >= 0.3 is 6.18 Å². The lowest BCUT2D eigenvalue weighted by molar-refractivity contribution is -0.138. The number of rotatable bonds is 3. The Morgan fingerprint density at radius 2 is 2.11 bits per heavy atom. The molecular weight excluding hydrogens is 259 g/mol. The van der Waals surface area contributed by atoms with Crippen molar-refractivity contribution in [3.05, 3.63) is 34.9 Å². The Labute approximate surface area is 108 Å². The summed E-state index contributed by atoms with van der Waals surface area (Å²) in [6.45, 7) is 1.13. The van der Waals surface area contributed by atoms with Crippen molar-refractivity contribution in [1.29, 1.82) is 5.26 Å². The summed E-state index contributed by atoms with van der Waals surface area (Å²) in [7, 11) is 1.42. The zero-order chi connectivity index (χ0) is 14.6. The first-order valence-corrected chi connectivity index (χ1v) is 5.33. The number of nitrogens with zero attached hydrogens (tertiary/aromatic N) is 2. The summed E-state index contributed by atoms with van der Waals surface area (Å²) in [6.07, 6.45) is -4.54. The van der Waals surface area contributed by atoms with Crippen molar-refractivity contribution in [1.82, 2.24) is 10.4 Å². The summed E-state index contributed by atoms with van der Waals surface area (Å²) >= 11 is 0. The Bertz CT molecular complexity index is 520. The van der Waals surface area contributed by atoms with Crippen LogP contribution in [0.2, 0.25) is 0 Å². The van der Waals surface area contributed by atoms with Crippen molar-refractivity contribution in [2.45, 2.75) is 19.6 Å². The van der Waals surface area contributed by atoms with Gasteiger partial charge < -0.3 is 0 Å². The molecule has 1 aromatic rings. The first-order valence-electron chi connectivity index (χ1n) is 5.33. The SMILES string of the molecule is CC(=O)N(C)NCc1ccc(C#N)cc1C(F)(F)F. The van der Waals surface area contributed by atoms with E-state index in [4.69, 9.17) is 5.26 Å². The molecule has 0 aliphatic heterocycles. The van der Waals surface area contributed by atoms with E-state index in [2.05, 4.69) is 5.43 Å². The molecule has 19 heavy (non-hydrogen) atoms. The van der Waals surface area contributed by atoms with Crippen LogP contribution >= 0.6 is 0 Å². The molecule has 0 unspecified atom stereocenters. The van der Waals surface area contributed by atoms with Crippen LogP contribution in [0.4, 0.5) is 13.2 Å². The van der Waals surface area contributed by atoms with Crippen LogP contribution in [-0.4, -0.2) is 18.0 Å². The van der Waals surface area contributed by atoms with Gasteiger partial charge in [-0.05, 0) is 17.7 Å². The van der Waals surface area contributed by atoms with E-state index in [0.717, 1.165) is 11.1 Å². The number of hydrazine groups is 1. The normalized spacial score (nSPS) is 10.9. The number of hydrogen-bond acceptors (Lipinski definition) is 3. The molecule has 0 saturated carbocycles. The molecule has 0 aromatic heterocycles. The molecule has 0 spiro atoms. The highest BCUT2D eigenvalue weighted by Gasteiger charge is 2.33. The van der Waals surface area contributed by atoms with Crippen LogP contribution in [0, 0.1) is 11.3 Å². The van der Waals surface area contributed by atoms with E-state index >= 15 is 0 Å². The Hall–Kier alpha value is -2.07. The fourth-order valence-corrected chi connectivity index (χ4v) is 1.38. The van der Waals surface area contributed by atoms with E-state index in [9.17, 15) is 18.0 Å². The van der Waals surface area contributed by atoms with Crippen LogP contribution in [0.25, 0.3) is 0 Å². The number of amides is 1. The predicted octanol–water partition coefficient (Wildman–Crippen LogP) is 2.06. The Morgan fingerprint density at radius 1 is 1.47 bits per heavy atom. The zero-order valence-corrected chi connectivity index (χ0v) is 10.4. The third-order valence-corrected chi connectivity index (χ3v) is 2.52. The van der Waals surface area contributed by atoms with Crippen LogP contribution in [0.1, 0.15) is 23.6 Å². The van der Waals surface area contributed by atoms with E-state index in [-0.39, 0.29) is 23.6 Å². The fraction of sp³-hybridized carbons (Fsp3) is 0.333. The third kappa shape index (κ3) is 3.96. The molecule has 0 fully saturated rings. The fourth-order valence-electron chi connectivity index (χ4n) is 1.38. The molecule has 1 N–H and O–H groups in total. The molecule has 0 saturated heterocycles. The van der Waals surface area contributed by atoms with E-state index in [0.29, 0.717) is 0 Å². The highest BCUT2D eigenvalue weighted by Crippen LogP contribution is 2.32.